The lowest BCUT2D eigenvalue weighted by Crippen LogP contribution is -2.36. The Kier molecular flexibility index (Phi) is 9.98. The number of aromatic nitrogens is 2. The van der Waals surface area contributed by atoms with E-state index in [4.69, 9.17) is 5.10 Å². The second-order valence-electron chi connectivity index (χ2n) is 13.3. The first-order valence-corrected chi connectivity index (χ1v) is 16.0. The van der Waals surface area contributed by atoms with Crippen LogP contribution in [-0.2, 0) is 10.2 Å². The lowest BCUT2D eigenvalue weighted by atomic mass is 9.77. The van der Waals surface area contributed by atoms with Crippen molar-refractivity contribution in [1.29, 1.82) is 0 Å². The highest BCUT2D eigenvalue weighted by atomic mass is 16.2. The van der Waals surface area contributed by atoms with Gasteiger partial charge in [-0.3, -0.25) is 10.1 Å². The predicted octanol–water partition coefficient (Wildman–Crippen LogP) is 6.65. The molecule has 3 heterocycles. The van der Waals surface area contributed by atoms with Gasteiger partial charge in [0.25, 0.3) is 0 Å². The SMILES string of the molecule is Cc1ccc(-n2nc(C(C)(C)C)cc2NC(=O)Nc2ccc(C(C(=O)CCN3CCCCC3)C3CCNCC3)cc2)cc1. The molecule has 0 bridgehead atoms. The first kappa shape index (κ1) is 31.0. The normalized spacial score (nSPS) is 17.4. The van der Waals surface area contributed by atoms with Crippen LogP contribution in [0.5, 0.6) is 0 Å². The van der Waals surface area contributed by atoms with Crippen LogP contribution in [0.25, 0.3) is 5.69 Å². The van der Waals surface area contributed by atoms with Gasteiger partial charge < -0.3 is 15.5 Å². The summed E-state index contributed by atoms with van der Waals surface area (Å²) in [4.78, 5) is 29.3. The molecular weight excluding hydrogens is 536 g/mol. The lowest BCUT2D eigenvalue weighted by Gasteiger charge is -2.31. The molecule has 230 valence electrons. The summed E-state index contributed by atoms with van der Waals surface area (Å²) in [6.45, 7) is 13.4. The molecule has 2 aliphatic rings. The van der Waals surface area contributed by atoms with E-state index in [1.54, 1.807) is 4.68 Å². The number of hydrogen-bond acceptors (Lipinski definition) is 5. The van der Waals surface area contributed by atoms with Gasteiger partial charge in [-0.2, -0.15) is 5.10 Å². The Bertz CT molecular complexity index is 1360. The summed E-state index contributed by atoms with van der Waals surface area (Å²) < 4.78 is 1.78. The molecule has 3 aromatic rings. The Balaban J connectivity index is 1.28. The van der Waals surface area contributed by atoms with Gasteiger partial charge in [0, 0.05) is 36.1 Å². The number of anilines is 2. The average Bonchev–Trinajstić information content (AvgIpc) is 3.43. The highest BCUT2D eigenvalue weighted by Crippen LogP contribution is 2.34. The van der Waals surface area contributed by atoms with E-state index in [-0.39, 0.29) is 17.4 Å². The summed E-state index contributed by atoms with van der Waals surface area (Å²) in [6.07, 6.45) is 6.39. The zero-order chi connectivity index (χ0) is 30.4. The van der Waals surface area contributed by atoms with Gasteiger partial charge in [-0.25, -0.2) is 9.48 Å². The number of likely N-dealkylation sites (tertiary alicyclic amines) is 1. The molecule has 8 nitrogen and oxygen atoms in total. The van der Waals surface area contributed by atoms with E-state index < -0.39 is 0 Å². The van der Waals surface area contributed by atoms with Gasteiger partial charge in [-0.05, 0) is 94.5 Å². The van der Waals surface area contributed by atoms with Crippen LogP contribution in [0.15, 0.2) is 54.6 Å². The van der Waals surface area contributed by atoms with E-state index in [0.29, 0.717) is 29.6 Å². The number of piperidine rings is 2. The molecule has 0 spiro atoms. The molecule has 2 amide bonds. The van der Waals surface area contributed by atoms with Crippen molar-refractivity contribution in [2.75, 3.05) is 43.4 Å². The molecular formula is C35H48N6O2. The number of ketones is 1. The topological polar surface area (TPSA) is 91.3 Å². The van der Waals surface area contributed by atoms with Crippen molar-refractivity contribution < 1.29 is 9.59 Å². The van der Waals surface area contributed by atoms with Crippen LogP contribution >= 0.6 is 0 Å². The third kappa shape index (κ3) is 8.12. The van der Waals surface area contributed by atoms with Crippen LogP contribution in [0, 0.1) is 12.8 Å². The van der Waals surface area contributed by atoms with Gasteiger partial charge in [-0.1, -0.05) is 57.0 Å². The van der Waals surface area contributed by atoms with Crippen LogP contribution in [0.2, 0.25) is 0 Å². The van der Waals surface area contributed by atoms with E-state index in [2.05, 4.69) is 41.6 Å². The smallest absolute Gasteiger partial charge is 0.317 e. The Labute approximate surface area is 256 Å². The number of amides is 2. The Morgan fingerprint density at radius 1 is 0.953 bits per heavy atom. The molecule has 1 unspecified atom stereocenters. The predicted molar refractivity (Wildman–Crippen MR) is 174 cm³/mol. The van der Waals surface area contributed by atoms with Gasteiger partial charge in [-0.15, -0.1) is 0 Å². The quantitative estimate of drug-likeness (QED) is 0.262. The van der Waals surface area contributed by atoms with E-state index in [9.17, 15) is 9.59 Å². The number of carbonyl (C=O) groups is 2. The zero-order valence-corrected chi connectivity index (χ0v) is 26.3. The van der Waals surface area contributed by atoms with Crippen LogP contribution < -0.4 is 16.0 Å². The monoisotopic (exact) mass is 584 g/mol. The molecule has 0 saturated carbocycles. The Morgan fingerprint density at radius 3 is 2.28 bits per heavy atom. The molecule has 1 atom stereocenters. The van der Waals surface area contributed by atoms with Crippen molar-refractivity contribution in [1.82, 2.24) is 20.0 Å². The van der Waals surface area contributed by atoms with Crippen molar-refractivity contribution in [3.05, 3.63) is 71.4 Å². The molecule has 2 aromatic carbocycles. The number of rotatable bonds is 9. The van der Waals surface area contributed by atoms with Gasteiger partial charge in [0.1, 0.15) is 11.6 Å². The molecule has 2 fully saturated rings. The summed E-state index contributed by atoms with van der Waals surface area (Å²) in [5.41, 5.74) is 4.50. The maximum atomic E-state index is 13.7. The number of nitrogens with one attached hydrogen (secondary N) is 3. The minimum Gasteiger partial charge on any atom is -0.317 e. The van der Waals surface area contributed by atoms with Crippen molar-refractivity contribution >= 4 is 23.3 Å². The van der Waals surface area contributed by atoms with Crippen LogP contribution in [0.4, 0.5) is 16.3 Å². The van der Waals surface area contributed by atoms with E-state index >= 15 is 0 Å². The number of carbonyl (C=O) groups excluding carboxylic acids is 2. The molecule has 0 aliphatic carbocycles. The number of nitrogens with zero attached hydrogens (tertiary/aromatic N) is 3. The molecule has 0 radical (unpaired) electrons. The summed E-state index contributed by atoms with van der Waals surface area (Å²) in [5.74, 6) is 1.19. The van der Waals surface area contributed by atoms with Gasteiger partial charge in [0.2, 0.25) is 0 Å². The van der Waals surface area contributed by atoms with Crippen molar-refractivity contribution in [2.24, 2.45) is 5.92 Å². The Hall–Kier alpha value is -3.49. The van der Waals surface area contributed by atoms with Crippen LogP contribution in [0.1, 0.15) is 82.0 Å². The number of hydrogen-bond donors (Lipinski definition) is 3. The summed E-state index contributed by atoms with van der Waals surface area (Å²) in [6, 6.07) is 17.5. The molecule has 43 heavy (non-hydrogen) atoms. The van der Waals surface area contributed by atoms with Gasteiger partial charge in [0.15, 0.2) is 0 Å². The summed E-state index contributed by atoms with van der Waals surface area (Å²) >= 11 is 0. The number of aryl methyl sites for hydroxylation is 1. The number of Topliss-reactive ketones (excluding diaryl/α,β-unsaturated/α-hetero) is 1. The number of benzene rings is 2. The van der Waals surface area contributed by atoms with Crippen molar-refractivity contribution in [2.45, 2.75) is 77.6 Å². The minimum absolute atomic E-state index is 0.102. The first-order chi connectivity index (χ1) is 20.7. The minimum atomic E-state index is -0.339. The molecule has 2 saturated heterocycles. The molecule has 1 aromatic heterocycles. The maximum absolute atomic E-state index is 13.7. The second-order valence-corrected chi connectivity index (χ2v) is 13.3. The van der Waals surface area contributed by atoms with Gasteiger partial charge >= 0.3 is 6.03 Å². The first-order valence-electron chi connectivity index (χ1n) is 16.0. The fraction of sp³-hybridized carbons (Fsp3) is 0.514. The molecule has 2 aliphatic heterocycles. The van der Waals surface area contributed by atoms with Crippen LogP contribution in [0.3, 0.4) is 0 Å². The zero-order valence-electron chi connectivity index (χ0n) is 26.3. The van der Waals surface area contributed by atoms with E-state index in [1.165, 1.54) is 19.3 Å². The van der Waals surface area contributed by atoms with E-state index in [0.717, 1.165) is 68.1 Å². The van der Waals surface area contributed by atoms with Gasteiger partial charge in [0.05, 0.1) is 11.4 Å². The highest BCUT2D eigenvalue weighted by Gasteiger charge is 2.31. The lowest BCUT2D eigenvalue weighted by molar-refractivity contribution is -0.122. The van der Waals surface area contributed by atoms with E-state index in [1.807, 2.05) is 61.5 Å². The van der Waals surface area contributed by atoms with Crippen molar-refractivity contribution in [3.8, 4) is 5.69 Å². The number of urea groups is 1. The standard InChI is InChI=1S/C35H48N6O2/c1-25-8-14-29(15-9-25)41-32(24-31(39-41)35(2,3)4)38-34(43)37-28-12-10-26(11-13-28)33(27-16-19-36-20-17-27)30(42)18-23-40-21-6-5-7-22-40/h8-15,24,27,33,36H,5-7,16-23H2,1-4H3,(H2,37,38,43). The molecule has 5 rings (SSSR count). The summed E-state index contributed by atoms with van der Waals surface area (Å²) in [5, 5.41) is 14.2. The average molecular weight is 585 g/mol. The fourth-order valence-electron chi connectivity index (χ4n) is 6.28. The third-order valence-corrected chi connectivity index (χ3v) is 8.85. The second kappa shape index (κ2) is 13.9. The highest BCUT2D eigenvalue weighted by molar-refractivity contribution is 5.99. The van der Waals surface area contributed by atoms with Crippen molar-refractivity contribution in [3.63, 3.8) is 0 Å². The van der Waals surface area contributed by atoms with Crippen LogP contribution in [-0.4, -0.2) is 59.2 Å². The maximum Gasteiger partial charge on any atom is 0.324 e. The Morgan fingerprint density at radius 2 is 1.63 bits per heavy atom. The molecule has 3 N–H and O–H groups in total. The molecule has 8 heteroatoms. The largest absolute Gasteiger partial charge is 0.324 e. The fourth-order valence-corrected chi connectivity index (χ4v) is 6.28. The third-order valence-electron chi connectivity index (χ3n) is 8.85. The summed E-state index contributed by atoms with van der Waals surface area (Å²) in [7, 11) is 0.